The van der Waals surface area contributed by atoms with Gasteiger partial charge >= 0.3 is 11.6 Å². The number of phenols is 1. The summed E-state index contributed by atoms with van der Waals surface area (Å²) in [4.78, 5) is 35.6. The molecule has 0 unspecified atom stereocenters. The summed E-state index contributed by atoms with van der Waals surface area (Å²) in [5.74, 6) is -1.67. The maximum Gasteiger partial charge on any atom is 0.340 e. The summed E-state index contributed by atoms with van der Waals surface area (Å²) in [7, 11) is 0. The molecule has 7 heteroatoms. The van der Waals surface area contributed by atoms with Gasteiger partial charge in [0.15, 0.2) is 0 Å². The van der Waals surface area contributed by atoms with Crippen molar-refractivity contribution < 1.29 is 24.2 Å². The number of nitrogens with one attached hydrogen (secondary N) is 1. The number of aromatic hydroxyl groups is 1. The topological polar surface area (TPSA) is 117 Å². The number of rotatable bonds is 7. The van der Waals surface area contributed by atoms with E-state index in [-0.39, 0.29) is 23.3 Å². The Balaban J connectivity index is 2.24. The van der Waals surface area contributed by atoms with Crippen LogP contribution in [0.1, 0.15) is 37.3 Å². The van der Waals surface area contributed by atoms with Gasteiger partial charge in [0, 0.05) is 11.5 Å². The first-order valence-electron chi connectivity index (χ1n) is 8.11. The zero-order valence-corrected chi connectivity index (χ0v) is 14.2. The minimum Gasteiger partial charge on any atom is -0.508 e. The summed E-state index contributed by atoms with van der Waals surface area (Å²) in [6.45, 7) is 3.62. The number of unbranched alkanes of at least 4 members (excludes halogenated alkanes) is 1. The van der Waals surface area contributed by atoms with Gasteiger partial charge in [-0.3, -0.25) is 4.79 Å². The van der Waals surface area contributed by atoms with Crippen molar-refractivity contribution >= 4 is 22.8 Å². The maximum absolute atomic E-state index is 12.2. The van der Waals surface area contributed by atoms with Crippen molar-refractivity contribution in [3.63, 3.8) is 0 Å². The first-order valence-corrected chi connectivity index (χ1v) is 8.11. The van der Waals surface area contributed by atoms with E-state index in [0.717, 1.165) is 6.42 Å². The van der Waals surface area contributed by atoms with Gasteiger partial charge in [0.1, 0.15) is 17.4 Å². The van der Waals surface area contributed by atoms with Crippen LogP contribution < -0.4 is 10.9 Å². The van der Waals surface area contributed by atoms with Crippen LogP contribution in [0.4, 0.5) is 0 Å². The van der Waals surface area contributed by atoms with E-state index in [1.165, 1.54) is 12.1 Å². The molecule has 0 aliphatic heterocycles. The smallest absolute Gasteiger partial charge is 0.340 e. The van der Waals surface area contributed by atoms with E-state index in [2.05, 4.69) is 5.32 Å². The van der Waals surface area contributed by atoms with Crippen LogP contribution in [0.5, 0.6) is 5.75 Å². The molecule has 0 radical (unpaired) electrons. The molecule has 0 saturated carbocycles. The summed E-state index contributed by atoms with van der Waals surface area (Å²) in [5, 5.41) is 21.7. The van der Waals surface area contributed by atoms with Gasteiger partial charge in [-0.2, -0.15) is 0 Å². The van der Waals surface area contributed by atoms with Gasteiger partial charge in [-0.05, 0) is 31.0 Å². The SMILES string of the molecule is CCCC[C@@H](NC(=O)Cc1c(C)c2ccc(O)cc2oc1=O)C(=O)O. The number of carbonyl (C=O) groups excluding carboxylic acids is 1. The summed E-state index contributed by atoms with van der Waals surface area (Å²) >= 11 is 0. The molecule has 0 fully saturated rings. The fraction of sp³-hybridized carbons (Fsp3) is 0.389. The summed E-state index contributed by atoms with van der Waals surface area (Å²) in [5.41, 5.74) is 0.307. The van der Waals surface area contributed by atoms with Gasteiger partial charge in [0.25, 0.3) is 0 Å². The fourth-order valence-corrected chi connectivity index (χ4v) is 2.66. The fourth-order valence-electron chi connectivity index (χ4n) is 2.66. The number of hydrogen-bond donors (Lipinski definition) is 3. The molecule has 25 heavy (non-hydrogen) atoms. The van der Waals surface area contributed by atoms with Crippen LogP contribution >= 0.6 is 0 Å². The zero-order chi connectivity index (χ0) is 18.6. The number of fused-ring (bicyclic) bond motifs is 1. The Bertz CT molecular complexity index is 855. The lowest BCUT2D eigenvalue weighted by atomic mass is 10.0. The normalized spacial score (nSPS) is 12.1. The number of phenolic OH excluding ortho intramolecular Hbond substituents is 1. The third-order valence-corrected chi connectivity index (χ3v) is 4.09. The van der Waals surface area contributed by atoms with Gasteiger partial charge in [-0.15, -0.1) is 0 Å². The van der Waals surface area contributed by atoms with E-state index in [4.69, 9.17) is 4.42 Å². The van der Waals surface area contributed by atoms with Crippen LogP contribution in [0.3, 0.4) is 0 Å². The van der Waals surface area contributed by atoms with E-state index in [1.54, 1.807) is 13.0 Å². The second-order valence-corrected chi connectivity index (χ2v) is 5.95. The van der Waals surface area contributed by atoms with Crippen molar-refractivity contribution in [3.05, 3.63) is 39.7 Å². The number of amides is 1. The average molecular weight is 347 g/mol. The van der Waals surface area contributed by atoms with Crippen molar-refractivity contribution in [2.75, 3.05) is 0 Å². The van der Waals surface area contributed by atoms with Crippen LogP contribution in [0.25, 0.3) is 11.0 Å². The summed E-state index contributed by atoms with van der Waals surface area (Å²) in [6.07, 6.45) is 1.57. The number of carboxylic acids is 1. The molecule has 1 heterocycles. The minimum atomic E-state index is -1.10. The Morgan fingerprint density at radius 3 is 2.68 bits per heavy atom. The maximum atomic E-state index is 12.2. The largest absolute Gasteiger partial charge is 0.508 e. The Morgan fingerprint density at radius 2 is 2.04 bits per heavy atom. The Morgan fingerprint density at radius 1 is 1.32 bits per heavy atom. The summed E-state index contributed by atoms with van der Waals surface area (Å²) < 4.78 is 5.16. The predicted molar refractivity (Wildman–Crippen MR) is 91.7 cm³/mol. The molecule has 0 bridgehead atoms. The molecule has 2 rings (SSSR count). The van der Waals surface area contributed by atoms with Gasteiger partial charge in [-0.25, -0.2) is 9.59 Å². The molecule has 134 valence electrons. The number of aryl methyl sites for hydroxylation is 1. The van der Waals surface area contributed by atoms with Crippen molar-refractivity contribution in [2.45, 2.75) is 45.6 Å². The van der Waals surface area contributed by atoms with E-state index < -0.39 is 23.5 Å². The van der Waals surface area contributed by atoms with Crippen molar-refractivity contribution in [2.24, 2.45) is 0 Å². The van der Waals surface area contributed by atoms with Crippen LogP contribution in [0.2, 0.25) is 0 Å². The minimum absolute atomic E-state index is 0.0271. The molecule has 7 nitrogen and oxygen atoms in total. The van der Waals surface area contributed by atoms with E-state index in [9.17, 15) is 24.6 Å². The number of hydrogen-bond acceptors (Lipinski definition) is 5. The van der Waals surface area contributed by atoms with E-state index in [0.29, 0.717) is 23.8 Å². The third-order valence-electron chi connectivity index (χ3n) is 4.09. The number of benzene rings is 1. The standard InChI is InChI=1S/C18H21NO6/c1-3-4-5-14(17(22)23)19-16(21)9-13-10(2)12-7-6-11(20)8-15(12)25-18(13)24/h6-8,14,20H,3-5,9H2,1-2H3,(H,19,21)(H,22,23)/t14-/m1/s1. The highest BCUT2D eigenvalue weighted by atomic mass is 16.4. The first kappa shape index (κ1) is 18.5. The highest BCUT2D eigenvalue weighted by Gasteiger charge is 2.21. The van der Waals surface area contributed by atoms with Gasteiger partial charge < -0.3 is 19.9 Å². The average Bonchev–Trinajstić information content (AvgIpc) is 2.54. The van der Waals surface area contributed by atoms with Gasteiger partial charge in [0.2, 0.25) is 5.91 Å². The Kier molecular flexibility index (Phi) is 5.80. The third kappa shape index (κ3) is 4.37. The van der Waals surface area contributed by atoms with Crippen LogP contribution in [-0.4, -0.2) is 28.1 Å². The molecule has 1 amide bonds. The predicted octanol–water partition coefficient (Wildman–Crippen LogP) is 2.11. The molecule has 0 saturated heterocycles. The molecule has 0 aliphatic rings. The van der Waals surface area contributed by atoms with Crippen molar-refractivity contribution in [1.29, 1.82) is 0 Å². The van der Waals surface area contributed by atoms with Crippen molar-refractivity contribution in [1.82, 2.24) is 5.32 Å². The van der Waals surface area contributed by atoms with Crippen LogP contribution in [0.15, 0.2) is 27.4 Å². The lowest BCUT2D eigenvalue weighted by molar-refractivity contribution is -0.142. The highest BCUT2D eigenvalue weighted by Crippen LogP contribution is 2.23. The number of carbonyl (C=O) groups is 2. The Hall–Kier alpha value is -2.83. The van der Waals surface area contributed by atoms with Crippen LogP contribution in [-0.2, 0) is 16.0 Å². The summed E-state index contributed by atoms with van der Waals surface area (Å²) in [6, 6.07) is 3.42. The quantitative estimate of drug-likeness (QED) is 0.661. The molecule has 2 aromatic rings. The molecule has 0 spiro atoms. The molecular formula is C18H21NO6. The van der Waals surface area contributed by atoms with E-state index >= 15 is 0 Å². The van der Waals surface area contributed by atoms with Crippen molar-refractivity contribution in [3.8, 4) is 5.75 Å². The van der Waals surface area contributed by atoms with E-state index in [1.807, 2.05) is 6.92 Å². The van der Waals surface area contributed by atoms with Gasteiger partial charge in [0.05, 0.1) is 12.0 Å². The second-order valence-electron chi connectivity index (χ2n) is 5.95. The molecule has 0 aliphatic carbocycles. The molecule has 1 aromatic heterocycles. The van der Waals surface area contributed by atoms with Gasteiger partial charge in [-0.1, -0.05) is 19.8 Å². The van der Waals surface area contributed by atoms with Crippen LogP contribution in [0, 0.1) is 6.92 Å². The molecule has 3 N–H and O–H groups in total. The Labute approximate surface area is 144 Å². The number of aliphatic carboxylic acids is 1. The first-order chi connectivity index (χ1) is 11.8. The second kappa shape index (κ2) is 7.83. The lowest BCUT2D eigenvalue weighted by Crippen LogP contribution is -2.42. The number of carboxylic acid groups (broad SMARTS) is 1. The molecular weight excluding hydrogens is 326 g/mol. The highest BCUT2D eigenvalue weighted by molar-refractivity contribution is 5.87. The zero-order valence-electron chi connectivity index (χ0n) is 14.2. The molecule has 1 atom stereocenters. The monoisotopic (exact) mass is 347 g/mol. The molecule has 1 aromatic carbocycles. The lowest BCUT2D eigenvalue weighted by Gasteiger charge is -2.14.